The third kappa shape index (κ3) is 2.53. The van der Waals surface area contributed by atoms with Gasteiger partial charge in [0, 0.05) is 4.88 Å². The quantitative estimate of drug-likeness (QED) is 0.729. The van der Waals surface area contributed by atoms with Crippen molar-refractivity contribution in [2.45, 2.75) is 32.6 Å². The summed E-state index contributed by atoms with van der Waals surface area (Å²) in [5.41, 5.74) is 1.89. The molecule has 122 valence electrons. The standard InChI is InChI=1S/C18H17N3O2S/c1-11-20-17-16(14-4-2-3-5-15(14)24-17)18(23)21(11)19-10-12-6-8-13(22)9-7-12/h6-10,22H,2-5H2,1H3/b19-10-. The topological polar surface area (TPSA) is 67.5 Å². The zero-order valence-corrected chi connectivity index (χ0v) is 14.1. The normalized spacial score (nSPS) is 14.4. The Morgan fingerprint density at radius 1 is 1.25 bits per heavy atom. The van der Waals surface area contributed by atoms with Crippen LogP contribution in [0.3, 0.4) is 0 Å². The van der Waals surface area contributed by atoms with E-state index >= 15 is 0 Å². The van der Waals surface area contributed by atoms with Gasteiger partial charge in [0.2, 0.25) is 0 Å². The van der Waals surface area contributed by atoms with Crippen molar-refractivity contribution in [1.82, 2.24) is 9.66 Å². The van der Waals surface area contributed by atoms with E-state index in [1.807, 2.05) is 0 Å². The van der Waals surface area contributed by atoms with Crippen LogP contribution in [0.15, 0.2) is 34.2 Å². The molecule has 0 amide bonds. The monoisotopic (exact) mass is 339 g/mol. The molecule has 1 N–H and O–H groups in total. The van der Waals surface area contributed by atoms with Crippen LogP contribution in [0.4, 0.5) is 0 Å². The summed E-state index contributed by atoms with van der Waals surface area (Å²) in [5.74, 6) is 0.787. The summed E-state index contributed by atoms with van der Waals surface area (Å²) >= 11 is 1.65. The Morgan fingerprint density at radius 2 is 2.00 bits per heavy atom. The van der Waals surface area contributed by atoms with Gasteiger partial charge in [-0.1, -0.05) is 0 Å². The first-order valence-corrected chi connectivity index (χ1v) is 8.82. The number of hydrogen-bond donors (Lipinski definition) is 1. The summed E-state index contributed by atoms with van der Waals surface area (Å²) in [6.07, 6.45) is 5.93. The van der Waals surface area contributed by atoms with Crippen LogP contribution in [0.5, 0.6) is 5.75 Å². The molecular weight excluding hydrogens is 322 g/mol. The van der Waals surface area contributed by atoms with Crippen molar-refractivity contribution in [3.05, 3.63) is 56.4 Å². The molecule has 0 spiro atoms. The highest BCUT2D eigenvalue weighted by atomic mass is 32.1. The third-order valence-corrected chi connectivity index (χ3v) is 5.53. The van der Waals surface area contributed by atoms with E-state index in [9.17, 15) is 9.90 Å². The number of rotatable bonds is 2. The number of phenolic OH excluding ortho intramolecular Hbond substituents is 1. The van der Waals surface area contributed by atoms with E-state index in [4.69, 9.17) is 0 Å². The predicted molar refractivity (Wildman–Crippen MR) is 96.4 cm³/mol. The van der Waals surface area contributed by atoms with Crippen LogP contribution in [-0.2, 0) is 12.8 Å². The first-order chi connectivity index (χ1) is 11.6. The lowest BCUT2D eigenvalue weighted by atomic mass is 9.97. The molecule has 6 heteroatoms. The van der Waals surface area contributed by atoms with Crippen LogP contribution < -0.4 is 5.56 Å². The van der Waals surface area contributed by atoms with E-state index in [-0.39, 0.29) is 11.3 Å². The van der Waals surface area contributed by atoms with E-state index in [1.165, 1.54) is 21.5 Å². The summed E-state index contributed by atoms with van der Waals surface area (Å²) in [6, 6.07) is 6.68. The molecule has 0 bridgehead atoms. The molecule has 0 saturated heterocycles. The maximum Gasteiger partial charge on any atom is 0.283 e. The predicted octanol–water partition coefficient (Wildman–Crippen LogP) is 3.23. The second-order valence-electron chi connectivity index (χ2n) is 6.00. The minimum atomic E-state index is -0.0908. The average molecular weight is 339 g/mol. The van der Waals surface area contributed by atoms with Crippen molar-refractivity contribution in [3.8, 4) is 5.75 Å². The molecule has 3 aromatic rings. The first-order valence-electron chi connectivity index (χ1n) is 8.01. The van der Waals surface area contributed by atoms with Gasteiger partial charge in [0.25, 0.3) is 5.56 Å². The van der Waals surface area contributed by atoms with Crippen LogP contribution in [0.2, 0.25) is 0 Å². The fourth-order valence-electron chi connectivity index (χ4n) is 3.12. The van der Waals surface area contributed by atoms with Crippen molar-refractivity contribution < 1.29 is 5.11 Å². The van der Waals surface area contributed by atoms with E-state index in [0.717, 1.165) is 35.0 Å². The molecule has 1 aliphatic rings. The summed E-state index contributed by atoms with van der Waals surface area (Å²) in [7, 11) is 0. The summed E-state index contributed by atoms with van der Waals surface area (Å²) < 4.78 is 1.37. The van der Waals surface area contributed by atoms with Crippen LogP contribution in [-0.4, -0.2) is 21.0 Å². The van der Waals surface area contributed by atoms with Crippen LogP contribution in [0, 0.1) is 6.92 Å². The van der Waals surface area contributed by atoms with Crippen LogP contribution in [0.1, 0.15) is 34.7 Å². The van der Waals surface area contributed by atoms with Gasteiger partial charge in [-0.25, -0.2) is 4.98 Å². The minimum absolute atomic E-state index is 0.0908. The number of aryl methyl sites for hydroxylation is 3. The number of phenols is 1. The van der Waals surface area contributed by atoms with Gasteiger partial charge in [0.05, 0.1) is 11.6 Å². The number of aromatic nitrogens is 2. The molecule has 24 heavy (non-hydrogen) atoms. The minimum Gasteiger partial charge on any atom is -0.508 e. The lowest BCUT2D eigenvalue weighted by molar-refractivity contribution is 0.475. The number of nitrogens with zero attached hydrogens (tertiary/aromatic N) is 3. The molecule has 0 atom stereocenters. The van der Waals surface area contributed by atoms with Gasteiger partial charge < -0.3 is 5.11 Å². The van der Waals surface area contributed by atoms with Gasteiger partial charge in [0.1, 0.15) is 16.4 Å². The Balaban J connectivity index is 1.83. The zero-order chi connectivity index (χ0) is 16.7. The van der Waals surface area contributed by atoms with Crippen molar-refractivity contribution >= 4 is 27.8 Å². The number of aromatic hydroxyl groups is 1. The smallest absolute Gasteiger partial charge is 0.283 e. The molecule has 0 unspecified atom stereocenters. The molecule has 2 heterocycles. The second kappa shape index (κ2) is 5.87. The molecule has 4 rings (SSSR count). The molecule has 0 saturated carbocycles. The first kappa shape index (κ1) is 15.1. The number of fused-ring (bicyclic) bond motifs is 3. The van der Waals surface area contributed by atoms with Crippen molar-refractivity contribution in [1.29, 1.82) is 0 Å². The Morgan fingerprint density at radius 3 is 2.79 bits per heavy atom. The lowest BCUT2D eigenvalue weighted by Crippen LogP contribution is -2.21. The van der Waals surface area contributed by atoms with Crippen LogP contribution >= 0.6 is 11.3 Å². The molecule has 0 aliphatic heterocycles. The fraction of sp³-hybridized carbons (Fsp3) is 0.278. The second-order valence-corrected chi connectivity index (χ2v) is 7.09. The van der Waals surface area contributed by atoms with E-state index in [1.54, 1.807) is 48.7 Å². The molecular formula is C18H17N3O2S. The highest BCUT2D eigenvalue weighted by Crippen LogP contribution is 2.33. The maximum atomic E-state index is 12.9. The largest absolute Gasteiger partial charge is 0.508 e. The van der Waals surface area contributed by atoms with Gasteiger partial charge in [-0.15, -0.1) is 11.3 Å². The van der Waals surface area contributed by atoms with Gasteiger partial charge in [-0.05, 0) is 68.0 Å². The van der Waals surface area contributed by atoms with E-state index in [2.05, 4.69) is 10.1 Å². The zero-order valence-electron chi connectivity index (χ0n) is 13.3. The maximum absolute atomic E-state index is 12.9. The van der Waals surface area contributed by atoms with Gasteiger partial charge in [0.15, 0.2) is 0 Å². The SMILES string of the molecule is Cc1nc2sc3c(c2c(=O)n1/N=C\c1ccc(O)cc1)CCCC3. The lowest BCUT2D eigenvalue weighted by Gasteiger charge is -2.10. The third-order valence-electron chi connectivity index (χ3n) is 4.34. The van der Waals surface area contributed by atoms with Crippen LogP contribution in [0.25, 0.3) is 10.2 Å². The Kier molecular flexibility index (Phi) is 3.69. The Hall–Kier alpha value is -2.47. The summed E-state index contributed by atoms with van der Waals surface area (Å²) in [5, 5.41) is 14.4. The fourth-order valence-corrected chi connectivity index (χ4v) is 4.42. The Labute approximate surface area is 142 Å². The van der Waals surface area contributed by atoms with Gasteiger partial charge >= 0.3 is 0 Å². The van der Waals surface area contributed by atoms with Crippen molar-refractivity contribution in [2.24, 2.45) is 5.10 Å². The summed E-state index contributed by atoms with van der Waals surface area (Å²) in [6.45, 7) is 1.80. The molecule has 1 aliphatic carbocycles. The molecule has 1 aromatic carbocycles. The van der Waals surface area contributed by atoms with Gasteiger partial charge in [-0.2, -0.15) is 9.78 Å². The average Bonchev–Trinajstić information content (AvgIpc) is 2.94. The highest BCUT2D eigenvalue weighted by molar-refractivity contribution is 7.18. The van der Waals surface area contributed by atoms with E-state index < -0.39 is 0 Å². The molecule has 2 aromatic heterocycles. The summed E-state index contributed by atoms with van der Waals surface area (Å²) in [4.78, 5) is 19.7. The molecule has 5 nitrogen and oxygen atoms in total. The Bertz CT molecular complexity index is 1000. The number of thiophene rings is 1. The van der Waals surface area contributed by atoms with E-state index in [0.29, 0.717) is 5.82 Å². The molecule has 0 radical (unpaired) electrons. The number of hydrogen-bond acceptors (Lipinski definition) is 5. The number of benzene rings is 1. The van der Waals surface area contributed by atoms with Crippen molar-refractivity contribution in [3.63, 3.8) is 0 Å². The van der Waals surface area contributed by atoms with Gasteiger partial charge in [-0.3, -0.25) is 4.79 Å². The molecule has 0 fully saturated rings. The highest BCUT2D eigenvalue weighted by Gasteiger charge is 2.20. The van der Waals surface area contributed by atoms with Crippen molar-refractivity contribution in [2.75, 3.05) is 0 Å².